The third kappa shape index (κ3) is 4.76. The quantitative estimate of drug-likeness (QED) is 0.857. The van der Waals surface area contributed by atoms with Crippen LogP contribution >= 0.6 is 11.3 Å². The van der Waals surface area contributed by atoms with Gasteiger partial charge < -0.3 is 15.1 Å². The van der Waals surface area contributed by atoms with Crippen molar-refractivity contribution in [3.8, 4) is 0 Å². The zero-order valence-electron chi connectivity index (χ0n) is 10.7. The van der Waals surface area contributed by atoms with Gasteiger partial charge in [-0.05, 0) is 48.9 Å². The zero-order chi connectivity index (χ0) is 11.9. The maximum atomic E-state index is 3.45. The minimum absolute atomic E-state index is 1.08. The van der Waals surface area contributed by atoms with Crippen molar-refractivity contribution in [3.63, 3.8) is 0 Å². The van der Waals surface area contributed by atoms with Gasteiger partial charge in [0.2, 0.25) is 0 Å². The van der Waals surface area contributed by atoms with E-state index in [1.807, 2.05) is 0 Å². The second kappa shape index (κ2) is 7.11. The number of nitrogens with zero attached hydrogens (tertiary/aromatic N) is 2. The number of rotatable bonds is 5. The molecule has 0 unspecified atom stereocenters. The number of nitrogens with one attached hydrogen (secondary N) is 1. The topological polar surface area (TPSA) is 18.5 Å². The molecule has 96 valence electrons. The van der Waals surface area contributed by atoms with Crippen molar-refractivity contribution in [1.29, 1.82) is 0 Å². The van der Waals surface area contributed by atoms with Crippen LogP contribution in [-0.2, 0) is 6.54 Å². The van der Waals surface area contributed by atoms with Crippen molar-refractivity contribution < 1.29 is 0 Å². The SMILES string of the molecule is CN(CCN1CCCNCC1)Cc1ccsc1. The summed E-state index contributed by atoms with van der Waals surface area (Å²) in [7, 11) is 2.22. The van der Waals surface area contributed by atoms with E-state index >= 15 is 0 Å². The lowest BCUT2D eigenvalue weighted by molar-refractivity contribution is 0.231. The Balaban J connectivity index is 1.66. The van der Waals surface area contributed by atoms with Gasteiger partial charge in [0.1, 0.15) is 0 Å². The van der Waals surface area contributed by atoms with Gasteiger partial charge in [-0.2, -0.15) is 11.3 Å². The smallest absolute Gasteiger partial charge is 0.0239 e. The van der Waals surface area contributed by atoms with Gasteiger partial charge in [0, 0.05) is 32.7 Å². The van der Waals surface area contributed by atoms with Crippen LogP contribution in [-0.4, -0.2) is 56.1 Å². The third-order valence-corrected chi connectivity index (χ3v) is 4.00. The molecule has 1 aromatic rings. The monoisotopic (exact) mass is 253 g/mol. The van der Waals surface area contributed by atoms with E-state index in [4.69, 9.17) is 0 Å². The molecule has 1 aromatic heterocycles. The second-order valence-corrected chi connectivity index (χ2v) is 5.59. The molecule has 1 saturated heterocycles. The first-order valence-electron chi connectivity index (χ1n) is 6.47. The predicted molar refractivity (Wildman–Crippen MR) is 74.6 cm³/mol. The Labute approximate surface area is 108 Å². The summed E-state index contributed by atoms with van der Waals surface area (Å²) in [6.07, 6.45) is 1.29. The lowest BCUT2D eigenvalue weighted by atomic mass is 10.3. The Hall–Kier alpha value is -0.420. The summed E-state index contributed by atoms with van der Waals surface area (Å²) < 4.78 is 0. The molecule has 0 spiro atoms. The lowest BCUT2D eigenvalue weighted by Crippen LogP contribution is -2.35. The van der Waals surface area contributed by atoms with Gasteiger partial charge in [0.15, 0.2) is 0 Å². The molecule has 0 aliphatic carbocycles. The number of hydrogen-bond donors (Lipinski definition) is 1. The van der Waals surface area contributed by atoms with Gasteiger partial charge in [-0.25, -0.2) is 0 Å². The van der Waals surface area contributed by atoms with Crippen molar-refractivity contribution in [3.05, 3.63) is 22.4 Å². The van der Waals surface area contributed by atoms with Crippen LogP contribution in [0.25, 0.3) is 0 Å². The summed E-state index contributed by atoms with van der Waals surface area (Å²) in [5, 5.41) is 7.85. The summed E-state index contributed by atoms with van der Waals surface area (Å²) in [5.74, 6) is 0. The molecule has 0 bridgehead atoms. The molecule has 1 N–H and O–H groups in total. The number of likely N-dealkylation sites (N-methyl/N-ethyl adjacent to an activating group) is 1. The van der Waals surface area contributed by atoms with Crippen LogP contribution in [0, 0.1) is 0 Å². The van der Waals surface area contributed by atoms with Gasteiger partial charge in [-0.15, -0.1) is 0 Å². The number of hydrogen-bond acceptors (Lipinski definition) is 4. The molecule has 0 radical (unpaired) electrons. The second-order valence-electron chi connectivity index (χ2n) is 4.81. The van der Waals surface area contributed by atoms with Gasteiger partial charge in [-0.1, -0.05) is 0 Å². The highest BCUT2D eigenvalue weighted by Crippen LogP contribution is 2.08. The van der Waals surface area contributed by atoms with E-state index < -0.39 is 0 Å². The average molecular weight is 253 g/mol. The van der Waals surface area contributed by atoms with Crippen LogP contribution in [0.4, 0.5) is 0 Å². The van der Waals surface area contributed by atoms with Gasteiger partial charge in [0.05, 0.1) is 0 Å². The van der Waals surface area contributed by atoms with Gasteiger partial charge in [0.25, 0.3) is 0 Å². The highest BCUT2D eigenvalue weighted by molar-refractivity contribution is 7.07. The van der Waals surface area contributed by atoms with Crippen molar-refractivity contribution in [2.45, 2.75) is 13.0 Å². The highest BCUT2D eigenvalue weighted by Gasteiger charge is 2.09. The molecule has 0 amide bonds. The maximum Gasteiger partial charge on any atom is 0.0239 e. The van der Waals surface area contributed by atoms with E-state index in [1.54, 1.807) is 11.3 Å². The molecule has 4 heteroatoms. The first kappa shape index (κ1) is 13.0. The fourth-order valence-electron chi connectivity index (χ4n) is 2.21. The molecule has 0 saturated carbocycles. The first-order chi connectivity index (χ1) is 8.34. The lowest BCUT2D eigenvalue weighted by Gasteiger charge is -2.23. The summed E-state index contributed by atoms with van der Waals surface area (Å²) in [6.45, 7) is 8.22. The molecule has 17 heavy (non-hydrogen) atoms. The fraction of sp³-hybridized carbons (Fsp3) is 0.692. The standard InChI is InChI=1S/C13H23N3S/c1-15(11-13-3-10-17-12-13)8-9-16-6-2-4-14-5-7-16/h3,10,12,14H,2,4-9,11H2,1H3. The van der Waals surface area contributed by atoms with E-state index in [2.05, 4.69) is 39.0 Å². The summed E-state index contributed by atoms with van der Waals surface area (Å²) >= 11 is 1.79. The van der Waals surface area contributed by atoms with Crippen LogP contribution in [0.5, 0.6) is 0 Å². The van der Waals surface area contributed by atoms with E-state index in [-0.39, 0.29) is 0 Å². The molecule has 3 nitrogen and oxygen atoms in total. The fourth-order valence-corrected chi connectivity index (χ4v) is 2.87. The molecular weight excluding hydrogens is 230 g/mol. The molecule has 1 aliphatic rings. The van der Waals surface area contributed by atoms with Crippen LogP contribution in [0.2, 0.25) is 0 Å². The van der Waals surface area contributed by atoms with E-state index in [1.165, 1.54) is 38.2 Å². The predicted octanol–water partition coefficient (Wildman–Crippen LogP) is 1.48. The summed E-state index contributed by atoms with van der Waals surface area (Å²) in [4.78, 5) is 4.99. The Bertz CT molecular complexity index is 292. The van der Waals surface area contributed by atoms with Crippen molar-refractivity contribution >= 4 is 11.3 Å². The molecule has 0 aromatic carbocycles. The largest absolute Gasteiger partial charge is 0.315 e. The van der Waals surface area contributed by atoms with Crippen LogP contribution in [0.1, 0.15) is 12.0 Å². The third-order valence-electron chi connectivity index (χ3n) is 3.26. The molecule has 1 fully saturated rings. The molecule has 0 atom stereocenters. The first-order valence-corrected chi connectivity index (χ1v) is 7.41. The Morgan fingerprint density at radius 1 is 1.41 bits per heavy atom. The van der Waals surface area contributed by atoms with E-state index in [0.717, 1.165) is 19.6 Å². The van der Waals surface area contributed by atoms with Crippen molar-refractivity contribution in [2.75, 3.05) is 46.3 Å². The van der Waals surface area contributed by atoms with Crippen molar-refractivity contribution in [1.82, 2.24) is 15.1 Å². The minimum atomic E-state index is 1.08. The summed E-state index contributed by atoms with van der Waals surface area (Å²) in [6, 6.07) is 2.22. The van der Waals surface area contributed by atoms with E-state index in [9.17, 15) is 0 Å². The zero-order valence-corrected chi connectivity index (χ0v) is 11.5. The molecule has 2 rings (SSSR count). The number of thiophene rings is 1. The summed E-state index contributed by atoms with van der Waals surface area (Å²) in [5.41, 5.74) is 1.44. The van der Waals surface area contributed by atoms with Crippen LogP contribution in [0.3, 0.4) is 0 Å². The Morgan fingerprint density at radius 3 is 3.18 bits per heavy atom. The van der Waals surface area contributed by atoms with Crippen LogP contribution < -0.4 is 5.32 Å². The van der Waals surface area contributed by atoms with E-state index in [0.29, 0.717) is 0 Å². The minimum Gasteiger partial charge on any atom is -0.315 e. The van der Waals surface area contributed by atoms with Gasteiger partial charge >= 0.3 is 0 Å². The Morgan fingerprint density at radius 2 is 2.35 bits per heavy atom. The maximum absolute atomic E-state index is 3.45. The molecular formula is C13H23N3S. The average Bonchev–Trinajstić information content (AvgIpc) is 2.68. The normalized spacial score (nSPS) is 18.5. The molecule has 2 heterocycles. The van der Waals surface area contributed by atoms with Crippen molar-refractivity contribution in [2.24, 2.45) is 0 Å². The van der Waals surface area contributed by atoms with Gasteiger partial charge in [-0.3, -0.25) is 0 Å². The van der Waals surface area contributed by atoms with Crippen LogP contribution in [0.15, 0.2) is 16.8 Å². The molecule has 1 aliphatic heterocycles. The Kier molecular flexibility index (Phi) is 5.45. The highest BCUT2D eigenvalue weighted by atomic mass is 32.1.